The average molecular weight is 658 g/mol. The number of methoxy groups -OCH3 is 1. The standard InChI is InChI=1S/C38H47N3O7/c1-9-41(10-2)32(43)21-48-30-18-17-26(19-31(30)47-8)33-34(36(44)39-27-15-11-13-22(3)24(27)5)29(42)20-38(7,46)35(33)37(45)40-28-16-12-14-23(4)25(28)6/h11-19,33-35,46H,9-10,20-21H2,1-8H3,(H,39,44)(H,40,45). The molecule has 0 aliphatic heterocycles. The number of rotatable bonds is 11. The summed E-state index contributed by atoms with van der Waals surface area (Å²) in [6.07, 6.45) is -0.398. The summed E-state index contributed by atoms with van der Waals surface area (Å²) in [5, 5.41) is 17.7. The molecule has 1 aliphatic rings. The van der Waals surface area contributed by atoms with Crippen LogP contribution in [0.5, 0.6) is 11.5 Å². The quantitative estimate of drug-likeness (QED) is 0.232. The Labute approximate surface area is 282 Å². The lowest BCUT2D eigenvalue weighted by molar-refractivity contribution is -0.151. The van der Waals surface area contributed by atoms with Crippen LogP contribution in [0.2, 0.25) is 0 Å². The van der Waals surface area contributed by atoms with Crippen LogP contribution >= 0.6 is 0 Å². The van der Waals surface area contributed by atoms with Crippen molar-refractivity contribution in [2.24, 2.45) is 11.8 Å². The molecule has 3 amide bonds. The van der Waals surface area contributed by atoms with Crippen molar-refractivity contribution in [2.45, 2.75) is 66.4 Å². The largest absolute Gasteiger partial charge is 0.493 e. The Hall–Kier alpha value is -4.70. The second kappa shape index (κ2) is 15.0. The van der Waals surface area contributed by atoms with Gasteiger partial charge in [0, 0.05) is 36.8 Å². The number of amides is 3. The van der Waals surface area contributed by atoms with Crippen molar-refractivity contribution in [3.8, 4) is 11.5 Å². The molecule has 4 atom stereocenters. The van der Waals surface area contributed by atoms with Gasteiger partial charge >= 0.3 is 0 Å². The number of benzene rings is 3. The molecule has 1 aliphatic carbocycles. The van der Waals surface area contributed by atoms with Gasteiger partial charge in [0.25, 0.3) is 5.91 Å². The number of likely N-dealkylation sites (N-methyl/N-ethyl adjacent to an activating group) is 1. The lowest BCUT2D eigenvalue weighted by Crippen LogP contribution is -2.56. The molecular weight excluding hydrogens is 610 g/mol. The number of nitrogens with one attached hydrogen (secondary N) is 2. The van der Waals surface area contributed by atoms with Crippen LogP contribution in [0.15, 0.2) is 54.6 Å². The van der Waals surface area contributed by atoms with Gasteiger partial charge in [-0.1, -0.05) is 30.3 Å². The Morgan fingerprint density at radius 2 is 1.44 bits per heavy atom. The van der Waals surface area contributed by atoms with Crippen molar-refractivity contribution in [1.29, 1.82) is 0 Å². The van der Waals surface area contributed by atoms with Crippen molar-refractivity contribution >= 4 is 34.9 Å². The van der Waals surface area contributed by atoms with E-state index < -0.39 is 47.4 Å². The number of aryl methyl sites for hydroxylation is 2. The first-order valence-corrected chi connectivity index (χ1v) is 16.3. The third-order valence-corrected chi connectivity index (χ3v) is 9.60. The van der Waals surface area contributed by atoms with E-state index in [1.54, 1.807) is 35.2 Å². The number of aliphatic hydroxyl groups is 1. The van der Waals surface area contributed by atoms with E-state index in [0.29, 0.717) is 30.0 Å². The highest BCUT2D eigenvalue weighted by atomic mass is 16.5. The molecule has 0 aromatic heterocycles. The summed E-state index contributed by atoms with van der Waals surface area (Å²) in [4.78, 5) is 56.6. The third kappa shape index (κ3) is 7.54. The van der Waals surface area contributed by atoms with Gasteiger partial charge in [0.05, 0.1) is 18.6 Å². The van der Waals surface area contributed by atoms with Crippen LogP contribution in [0.25, 0.3) is 0 Å². The third-order valence-electron chi connectivity index (χ3n) is 9.60. The number of hydrogen-bond donors (Lipinski definition) is 3. The number of anilines is 2. The highest BCUT2D eigenvalue weighted by Crippen LogP contribution is 2.48. The van der Waals surface area contributed by atoms with Crippen molar-refractivity contribution < 1.29 is 33.8 Å². The molecule has 3 N–H and O–H groups in total. The molecule has 0 radical (unpaired) electrons. The molecule has 0 saturated heterocycles. The lowest BCUT2D eigenvalue weighted by atomic mass is 9.61. The number of nitrogens with zero attached hydrogens (tertiary/aromatic N) is 1. The molecule has 0 spiro atoms. The fourth-order valence-corrected chi connectivity index (χ4v) is 6.50. The second-order valence-corrected chi connectivity index (χ2v) is 12.7. The molecule has 4 unspecified atom stereocenters. The van der Waals surface area contributed by atoms with Crippen molar-refractivity contribution in [2.75, 3.05) is 37.4 Å². The first-order chi connectivity index (χ1) is 22.7. The summed E-state index contributed by atoms with van der Waals surface area (Å²) in [5.74, 6) is -4.88. The topological polar surface area (TPSA) is 134 Å². The summed E-state index contributed by atoms with van der Waals surface area (Å²) in [6.45, 7) is 13.7. The van der Waals surface area contributed by atoms with Crippen molar-refractivity contribution in [3.63, 3.8) is 0 Å². The van der Waals surface area contributed by atoms with Crippen LogP contribution in [0, 0.1) is 39.5 Å². The molecule has 48 heavy (non-hydrogen) atoms. The Kier molecular flexibility index (Phi) is 11.3. The van der Waals surface area contributed by atoms with E-state index in [9.17, 15) is 24.3 Å². The number of ketones is 1. The molecule has 1 fully saturated rings. The van der Waals surface area contributed by atoms with Gasteiger partial charge in [-0.3, -0.25) is 19.2 Å². The molecule has 4 rings (SSSR count). The molecule has 3 aromatic carbocycles. The average Bonchev–Trinajstić information content (AvgIpc) is 3.04. The highest BCUT2D eigenvalue weighted by Gasteiger charge is 2.56. The first-order valence-electron chi connectivity index (χ1n) is 16.3. The van der Waals surface area contributed by atoms with Gasteiger partial charge in [0.1, 0.15) is 11.7 Å². The minimum atomic E-state index is -1.79. The van der Waals surface area contributed by atoms with E-state index in [2.05, 4.69) is 10.6 Å². The van der Waals surface area contributed by atoms with Gasteiger partial charge in [0.2, 0.25) is 11.8 Å². The van der Waals surface area contributed by atoms with Crippen LogP contribution in [0.3, 0.4) is 0 Å². The van der Waals surface area contributed by atoms with Gasteiger partial charge in [-0.15, -0.1) is 0 Å². The number of carbonyl (C=O) groups excluding carboxylic acids is 4. The number of ether oxygens (including phenoxy) is 2. The van der Waals surface area contributed by atoms with Crippen molar-refractivity contribution in [3.05, 3.63) is 82.4 Å². The minimum absolute atomic E-state index is 0.189. The van der Waals surface area contributed by atoms with E-state index in [0.717, 1.165) is 22.3 Å². The monoisotopic (exact) mass is 657 g/mol. The summed E-state index contributed by atoms with van der Waals surface area (Å²) in [5.41, 5.74) is 3.41. The lowest BCUT2D eigenvalue weighted by Gasteiger charge is -2.44. The summed E-state index contributed by atoms with van der Waals surface area (Å²) >= 11 is 0. The predicted octanol–water partition coefficient (Wildman–Crippen LogP) is 5.49. The normalized spacial score (nSPS) is 20.5. The molecule has 3 aromatic rings. The molecule has 0 bridgehead atoms. The molecule has 1 saturated carbocycles. The van der Waals surface area contributed by atoms with E-state index in [-0.39, 0.29) is 24.0 Å². The van der Waals surface area contributed by atoms with Crippen LogP contribution in [-0.4, -0.2) is 65.9 Å². The highest BCUT2D eigenvalue weighted by molar-refractivity contribution is 6.10. The Bertz CT molecular complexity index is 1700. The SMILES string of the molecule is CCN(CC)C(=O)COc1ccc(C2C(C(=O)Nc3cccc(C)c3C)C(=O)CC(C)(O)C2C(=O)Nc2cccc(C)c2C)cc1OC. The zero-order valence-electron chi connectivity index (χ0n) is 29.1. The smallest absolute Gasteiger partial charge is 0.260 e. The molecule has 0 heterocycles. The van der Waals surface area contributed by atoms with Crippen LogP contribution in [0.1, 0.15) is 60.9 Å². The number of Topliss-reactive ketones (excluding diaryl/α,β-unsaturated/α-hetero) is 1. The van der Waals surface area contributed by atoms with Gasteiger partial charge in [-0.25, -0.2) is 0 Å². The fraction of sp³-hybridized carbons (Fsp3) is 0.421. The zero-order chi connectivity index (χ0) is 35.3. The summed E-state index contributed by atoms with van der Waals surface area (Å²) in [7, 11) is 1.44. The number of carbonyl (C=O) groups is 4. The van der Waals surface area contributed by atoms with E-state index in [4.69, 9.17) is 9.47 Å². The van der Waals surface area contributed by atoms with Crippen LogP contribution in [-0.2, 0) is 19.2 Å². The number of hydrogen-bond acceptors (Lipinski definition) is 7. The van der Waals surface area contributed by atoms with E-state index in [1.807, 2.05) is 65.8 Å². The van der Waals surface area contributed by atoms with Crippen LogP contribution in [0.4, 0.5) is 11.4 Å². The predicted molar refractivity (Wildman–Crippen MR) is 185 cm³/mol. The molecular formula is C38H47N3O7. The van der Waals surface area contributed by atoms with Crippen molar-refractivity contribution in [1.82, 2.24) is 4.90 Å². The Morgan fingerprint density at radius 3 is 1.98 bits per heavy atom. The summed E-state index contributed by atoms with van der Waals surface area (Å²) < 4.78 is 11.5. The molecule has 10 nitrogen and oxygen atoms in total. The van der Waals surface area contributed by atoms with E-state index in [1.165, 1.54) is 14.0 Å². The maximum Gasteiger partial charge on any atom is 0.260 e. The minimum Gasteiger partial charge on any atom is -0.493 e. The second-order valence-electron chi connectivity index (χ2n) is 12.7. The van der Waals surface area contributed by atoms with Gasteiger partial charge in [-0.05, 0) is 101 Å². The van der Waals surface area contributed by atoms with Gasteiger partial charge in [0.15, 0.2) is 18.1 Å². The first kappa shape index (κ1) is 36.1. The maximum atomic E-state index is 14.3. The van der Waals surface area contributed by atoms with Gasteiger partial charge < -0.3 is 30.1 Å². The molecule has 10 heteroatoms. The Morgan fingerprint density at radius 1 is 0.875 bits per heavy atom. The summed E-state index contributed by atoms with van der Waals surface area (Å²) in [6, 6.07) is 15.9. The van der Waals surface area contributed by atoms with Crippen LogP contribution < -0.4 is 20.1 Å². The zero-order valence-corrected chi connectivity index (χ0v) is 29.1. The Balaban J connectivity index is 1.81. The fourth-order valence-electron chi connectivity index (χ4n) is 6.50. The van der Waals surface area contributed by atoms with E-state index >= 15 is 0 Å². The molecule has 256 valence electrons. The van der Waals surface area contributed by atoms with Gasteiger partial charge in [-0.2, -0.15) is 0 Å². The maximum absolute atomic E-state index is 14.3.